The average molecular weight is 365 g/mol. The molecular formula is C17H15N7OS. The normalized spacial score (nSPS) is 11.0. The summed E-state index contributed by atoms with van der Waals surface area (Å²) in [5, 5.41) is 11.5. The zero-order valence-corrected chi connectivity index (χ0v) is 14.7. The van der Waals surface area contributed by atoms with Crippen LogP contribution in [-0.4, -0.2) is 36.0 Å². The molecule has 0 unspecified atom stereocenters. The summed E-state index contributed by atoms with van der Waals surface area (Å²) < 4.78 is 0. The molecule has 0 fully saturated rings. The molecule has 0 radical (unpaired) electrons. The zero-order chi connectivity index (χ0) is 17.9. The summed E-state index contributed by atoms with van der Waals surface area (Å²) in [5.41, 5.74) is 2.19. The van der Waals surface area contributed by atoms with Crippen molar-refractivity contribution in [2.75, 3.05) is 0 Å². The Morgan fingerprint density at radius 1 is 1.19 bits per heavy atom. The maximum atomic E-state index is 12.7. The summed E-state index contributed by atoms with van der Waals surface area (Å²) in [6, 6.07) is 5.51. The summed E-state index contributed by atoms with van der Waals surface area (Å²) in [6.45, 7) is 2.30. The smallest absolute Gasteiger partial charge is 0.263 e. The van der Waals surface area contributed by atoms with E-state index in [1.165, 1.54) is 11.3 Å². The molecule has 0 bridgehead atoms. The van der Waals surface area contributed by atoms with Crippen molar-refractivity contribution < 1.29 is 4.79 Å². The van der Waals surface area contributed by atoms with Crippen LogP contribution in [0.15, 0.2) is 36.8 Å². The van der Waals surface area contributed by atoms with E-state index in [1.807, 2.05) is 19.1 Å². The van der Waals surface area contributed by atoms with E-state index in [9.17, 15) is 4.79 Å². The molecule has 0 atom stereocenters. The van der Waals surface area contributed by atoms with Crippen LogP contribution < -0.4 is 5.32 Å². The van der Waals surface area contributed by atoms with Crippen molar-refractivity contribution in [1.29, 1.82) is 0 Å². The molecule has 4 heterocycles. The molecule has 0 aromatic carbocycles. The number of nitrogens with zero attached hydrogens (tertiary/aromatic N) is 5. The predicted octanol–water partition coefficient (Wildman–Crippen LogP) is 2.36. The van der Waals surface area contributed by atoms with Crippen LogP contribution in [0.25, 0.3) is 21.9 Å². The van der Waals surface area contributed by atoms with Gasteiger partial charge in [-0.25, -0.2) is 19.9 Å². The van der Waals surface area contributed by atoms with Gasteiger partial charge in [0.05, 0.1) is 17.9 Å². The van der Waals surface area contributed by atoms with E-state index in [1.54, 1.807) is 24.7 Å². The molecule has 9 heteroatoms. The number of H-pyrrole nitrogens is 1. The quantitative estimate of drug-likeness (QED) is 0.562. The number of aromatic amines is 1. The van der Waals surface area contributed by atoms with Gasteiger partial charge in [0.2, 0.25) is 0 Å². The van der Waals surface area contributed by atoms with Crippen molar-refractivity contribution in [1.82, 2.24) is 35.5 Å². The molecule has 26 heavy (non-hydrogen) atoms. The number of amides is 1. The number of fused-ring (bicyclic) bond motifs is 1. The van der Waals surface area contributed by atoms with Gasteiger partial charge in [-0.3, -0.25) is 9.89 Å². The van der Waals surface area contributed by atoms with E-state index in [4.69, 9.17) is 0 Å². The van der Waals surface area contributed by atoms with E-state index in [0.29, 0.717) is 34.3 Å². The molecule has 0 aliphatic carbocycles. The molecule has 8 nitrogen and oxygen atoms in total. The van der Waals surface area contributed by atoms with Crippen molar-refractivity contribution in [3.8, 4) is 10.8 Å². The van der Waals surface area contributed by atoms with Crippen LogP contribution in [0.4, 0.5) is 0 Å². The number of carbonyl (C=O) groups is 1. The Morgan fingerprint density at radius 2 is 2.00 bits per heavy atom. The van der Waals surface area contributed by atoms with Crippen molar-refractivity contribution >= 4 is 28.3 Å². The van der Waals surface area contributed by atoms with E-state index in [0.717, 1.165) is 16.8 Å². The minimum Gasteiger partial charge on any atom is -0.346 e. The molecule has 130 valence electrons. The summed E-state index contributed by atoms with van der Waals surface area (Å²) >= 11 is 1.30. The predicted molar refractivity (Wildman–Crippen MR) is 97.6 cm³/mol. The number of rotatable bonds is 5. The Bertz CT molecular complexity index is 1060. The van der Waals surface area contributed by atoms with Crippen LogP contribution in [-0.2, 0) is 13.0 Å². The molecule has 0 aliphatic heterocycles. The van der Waals surface area contributed by atoms with Gasteiger partial charge in [0.25, 0.3) is 5.91 Å². The van der Waals surface area contributed by atoms with E-state index in [2.05, 4.69) is 35.5 Å². The van der Waals surface area contributed by atoms with Crippen LogP contribution in [0.3, 0.4) is 0 Å². The van der Waals surface area contributed by atoms with Crippen LogP contribution in [0.1, 0.15) is 28.0 Å². The minimum absolute atomic E-state index is 0.173. The highest BCUT2D eigenvalue weighted by molar-refractivity contribution is 7.17. The van der Waals surface area contributed by atoms with Gasteiger partial charge in [-0.15, -0.1) is 11.3 Å². The first-order valence-electron chi connectivity index (χ1n) is 8.09. The molecular weight excluding hydrogens is 350 g/mol. The minimum atomic E-state index is -0.173. The third kappa shape index (κ3) is 3.04. The Balaban J connectivity index is 1.55. The van der Waals surface area contributed by atoms with Gasteiger partial charge in [0.1, 0.15) is 4.88 Å². The van der Waals surface area contributed by atoms with Crippen molar-refractivity contribution in [3.05, 3.63) is 53.1 Å². The Labute approximate surface area is 152 Å². The lowest BCUT2D eigenvalue weighted by Gasteiger charge is -2.03. The topological polar surface area (TPSA) is 109 Å². The Kier molecular flexibility index (Phi) is 4.36. The number of nitrogens with one attached hydrogen (secondary N) is 2. The summed E-state index contributed by atoms with van der Waals surface area (Å²) in [5.74, 6) is 0.352. The van der Waals surface area contributed by atoms with Crippen LogP contribution in [0.5, 0.6) is 0 Å². The Morgan fingerprint density at radius 3 is 2.81 bits per heavy atom. The largest absolute Gasteiger partial charge is 0.346 e. The first-order chi connectivity index (χ1) is 12.8. The van der Waals surface area contributed by atoms with Crippen LogP contribution >= 0.6 is 11.3 Å². The van der Waals surface area contributed by atoms with Gasteiger partial charge in [-0.2, -0.15) is 5.10 Å². The molecule has 4 aromatic rings. The van der Waals surface area contributed by atoms with E-state index >= 15 is 0 Å². The maximum Gasteiger partial charge on any atom is 0.263 e. The number of carbonyl (C=O) groups excluding carboxylic acids is 1. The first kappa shape index (κ1) is 16.3. The molecule has 0 spiro atoms. The fraction of sp³-hybridized carbons (Fsp3) is 0.176. The summed E-state index contributed by atoms with van der Waals surface area (Å²) in [7, 11) is 0. The number of aromatic nitrogens is 6. The molecule has 1 amide bonds. The third-order valence-electron chi connectivity index (χ3n) is 3.83. The van der Waals surface area contributed by atoms with Gasteiger partial charge in [0.15, 0.2) is 16.5 Å². The molecule has 0 saturated carbocycles. The van der Waals surface area contributed by atoms with Gasteiger partial charge < -0.3 is 5.32 Å². The number of thiazole rings is 1. The lowest BCUT2D eigenvalue weighted by Crippen LogP contribution is -2.23. The number of pyridine rings is 1. The number of hydrogen-bond donors (Lipinski definition) is 2. The monoisotopic (exact) mass is 365 g/mol. The second kappa shape index (κ2) is 6.96. The number of aryl methyl sites for hydroxylation is 1. The van der Waals surface area contributed by atoms with Crippen molar-refractivity contribution in [2.45, 2.75) is 19.9 Å². The molecule has 4 rings (SSSR count). The maximum absolute atomic E-state index is 12.7. The van der Waals surface area contributed by atoms with Gasteiger partial charge in [-0.05, 0) is 24.6 Å². The van der Waals surface area contributed by atoms with Gasteiger partial charge in [0, 0.05) is 24.0 Å². The zero-order valence-electron chi connectivity index (χ0n) is 13.9. The van der Waals surface area contributed by atoms with Gasteiger partial charge >= 0.3 is 0 Å². The second-order valence-corrected chi connectivity index (χ2v) is 6.48. The summed E-state index contributed by atoms with van der Waals surface area (Å²) in [4.78, 5) is 30.3. The molecule has 0 saturated heterocycles. The Hall–Kier alpha value is -3.20. The standard InChI is InChI=1S/C17H15N7OS/c1-2-11-13(26-17(22-11)15-19-7-4-8-20-15)16(25)21-9-12-10-5-3-6-18-14(10)24-23-12/h3-8H,2,9H2,1H3,(H,21,25)(H,18,23,24). The average Bonchev–Trinajstić information content (AvgIpc) is 3.31. The van der Waals surface area contributed by atoms with Crippen LogP contribution in [0.2, 0.25) is 0 Å². The third-order valence-corrected chi connectivity index (χ3v) is 4.92. The van der Waals surface area contributed by atoms with E-state index < -0.39 is 0 Å². The SMILES string of the molecule is CCc1nc(-c2ncccn2)sc1C(=O)NCc1[nH]nc2ncccc12. The lowest BCUT2D eigenvalue weighted by atomic mass is 10.2. The molecule has 2 N–H and O–H groups in total. The highest BCUT2D eigenvalue weighted by Crippen LogP contribution is 2.26. The lowest BCUT2D eigenvalue weighted by molar-refractivity contribution is 0.0953. The van der Waals surface area contributed by atoms with Gasteiger partial charge in [-0.1, -0.05) is 6.92 Å². The molecule has 0 aliphatic rings. The highest BCUT2D eigenvalue weighted by atomic mass is 32.1. The second-order valence-electron chi connectivity index (χ2n) is 5.48. The highest BCUT2D eigenvalue weighted by Gasteiger charge is 2.19. The van der Waals surface area contributed by atoms with Crippen molar-refractivity contribution in [3.63, 3.8) is 0 Å². The van der Waals surface area contributed by atoms with E-state index in [-0.39, 0.29) is 5.91 Å². The van der Waals surface area contributed by atoms with Crippen molar-refractivity contribution in [2.24, 2.45) is 0 Å². The first-order valence-corrected chi connectivity index (χ1v) is 8.91. The molecule has 4 aromatic heterocycles. The fourth-order valence-corrected chi connectivity index (χ4v) is 3.58. The van der Waals surface area contributed by atoms with Crippen LogP contribution in [0, 0.1) is 0 Å². The number of hydrogen-bond acceptors (Lipinski definition) is 7. The fourth-order valence-electron chi connectivity index (χ4n) is 2.56. The summed E-state index contributed by atoms with van der Waals surface area (Å²) in [6.07, 6.45) is 5.66.